The number of Topliss-reactive ketones (excluding diaryl/α,β-unsaturated/α-hetero) is 1. The lowest BCUT2D eigenvalue weighted by Gasteiger charge is -2.35. The van der Waals surface area contributed by atoms with Crippen LogP contribution in [0.15, 0.2) is 24.3 Å². The van der Waals surface area contributed by atoms with Gasteiger partial charge >= 0.3 is 0 Å². The number of carbonyl (C=O) groups excluding carboxylic acids is 1. The quantitative estimate of drug-likeness (QED) is 0.847. The zero-order valence-electron chi connectivity index (χ0n) is 11.8. The molecule has 2 N–H and O–H groups in total. The van der Waals surface area contributed by atoms with E-state index in [0.717, 1.165) is 25.0 Å². The molecule has 0 amide bonds. The molecule has 104 valence electrons. The smallest absolute Gasteiger partial charge is 0.182 e. The summed E-state index contributed by atoms with van der Waals surface area (Å²) in [7, 11) is 0. The van der Waals surface area contributed by atoms with Crippen LogP contribution in [-0.2, 0) is 0 Å². The monoisotopic (exact) mass is 261 g/mol. The summed E-state index contributed by atoms with van der Waals surface area (Å²) in [5.74, 6) is 1.40. The van der Waals surface area contributed by atoms with Crippen LogP contribution in [0.1, 0.15) is 49.9 Å². The number of benzene rings is 1. The Labute approximate surface area is 115 Å². The summed E-state index contributed by atoms with van der Waals surface area (Å²) < 4.78 is 5.39. The van der Waals surface area contributed by atoms with E-state index in [0.29, 0.717) is 18.1 Å². The minimum Gasteiger partial charge on any atom is -0.494 e. The van der Waals surface area contributed by atoms with Gasteiger partial charge in [0.2, 0.25) is 0 Å². The zero-order chi connectivity index (χ0) is 13.9. The lowest BCUT2D eigenvalue weighted by atomic mass is 9.73. The van der Waals surface area contributed by atoms with E-state index in [1.54, 1.807) is 0 Å². The third kappa shape index (κ3) is 3.16. The Hall–Kier alpha value is -1.35. The van der Waals surface area contributed by atoms with Gasteiger partial charge in [-0.1, -0.05) is 19.8 Å². The van der Waals surface area contributed by atoms with Crippen molar-refractivity contribution < 1.29 is 9.53 Å². The molecule has 2 atom stereocenters. The number of ether oxygens (including phenoxy) is 1. The molecule has 0 spiro atoms. The first-order valence-corrected chi connectivity index (χ1v) is 7.12. The number of nitrogens with two attached hydrogens (primary N) is 1. The van der Waals surface area contributed by atoms with Gasteiger partial charge in [-0.2, -0.15) is 0 Å². The fraction of sp³-hybridized carbons (Fsp3) is 0.562. The Bertz CT molecular complexity index is 441. The molecule has 2 unspecified atom stereocenters. The van der Waals surface area contributed by atoms with Crippen molar-refractivity contribution in [3.05, 3.63) is 29.8 Å². The van der Waals surface area contributed by atoms with Crippen molar-refractivity contribution in [2.75, 3.05) is 6.61 Å². The van der Waals surface area contributed by atoms with Crippen LogP contribution in [0.2, 0.25) is 0 Å². The van der Waals surface area contributed by atoms with Gasteiger partial charge in [0, 0.05) is 5.56 Å². The van der Waals surface area contributed by atoms with Crippen LogP contribution in [0.25, 0.3) is 0 Å². The van der Waals surface area contributed by atoms with Crippen LogP contribution < -0.4 is 10.5 Å². The van der Waals surface area contributed by atoms with Crippen LogP contribution in [-0.4, -0.2) is 17.9 Å². The summed E-state index contributed by atoms with van der Waals surface area (Å²) in [6.07, 6.45) is 3.80. The van der Waals surface area contributed by atoms with Crippen molar-refractivity contribution in [2.24, 2.45) is 11.7 Å². The maximum absolute atomic E-state index is 12.6. The van der Waals surface area contributed by atoms with E-state index in [2.05, 4.69) is 6.92 Å². The largest absolute Gasteiger partial charge is 0.494 e. The van der Waals surface area contributed by atoms with E-state index >= 15 is 0 Å². The molecular formula is C16H23NO2. The zero-order valence-corrected chi connectivity index (χ0v) is 11.8. The van der Waals surface area contributed by atoms with Gasteiger partial charge in [-0.05, 0) is 49.9 Å². The molecule has 0 heterocycles. The molecule has 3 nitrogen and oxygen atoms in total. The standard InChI is InChI=1S/C16H23NO2/c1-3-19-14-8-6-13(7-9-14)15(18)16(17)10-4-5-12(2)11-16/h6-9,12H,3-5,10-11,17H2,1-2H3. The van der Waals surface area contributed by atoms with Crippen LogP contribution in [0.3, 0.4) is 0 Å². The lowest BCUT2D eigenvalue weighted by Crippen LogP contribution is -2.51. The van der Waals surface area contributed by atoms with Crippen LogP contribution in [0.4, 0.5) is 0 Å². The highest BCUT2D eigenvalue weighted by Crippen LogP contribution is 2.33. The number of rotatable bonds is 4. The Morgan fingerprint density at radius 3 is 2.68 bits per heavy atom. The summed E-state index contributed by atoms with van der Waals surface area (Å²) >= 11 is 0. The Morgan fingerprint density at radius 1 is 1.42 bits per heavy atom. The molecule has 1 aromatic carbocycles. The fourth-order valence-electron chi connectivity index (χ4n) is 2.95. The van der Waals surface area contributed by atoms with E-state index in [1.165, 1.54) is 6.42 Å². The summed E-state index contributed by atoms with van der Waals surface area (Å²) in [4.78, 5) is 12.6. The Balaban J connectivity index is 2.14. The summed E-state index contributed by atoms with van der Waals surface area (Å²) in [6.45, 7) is 4.75. The van der Waals surface area contributed by atoms with Crippen molar-refractivity contribution in [1.82, 2.24) is 0 Å². The first-order chi connectivity index (χ1) is 9.05. The predicted octanol–water partition coefficient (Wildman–Crippen LogP) is 3.18. The molecule has 1 aliphatic carbocycles. The fourth-order valence-corrected chi connectivity index (χ4v) is 2.95. The number of carbonyl (C=O) groups is 1. The first-order valence-electron chi connectivity index (χ1n) is 7.12. The predicted molar refractivity (Wildman–Crippen MR) is 76.5 cm³/mol. The highest BCUT2D eigenvalue weighted by molar-refractivity contribution is 6.03. The molecule has 0 radical (unpaired) electrons. The molecule has 0 aliphatic heterocycles. The Morgan fingerprint density at radius 2 is 2.11 bits per heavy atom. The second-order valence-corrected chi connectivity index (χ2v) is 5.64. The molecule has 1 aliphatic rings. The van der Waals surface area contributed by atoms with Gasteiger partial charge in [0.15, 0.2) is 5.78 Å². The second-order valence-electron chi connectivity index (χ2n) is 5.64. The lowest BCUT2D eigenvalue weighted by molar-refractivity contribution is 0.0819. The number of hydrogen-bond acceptors (Lipinski definition) is 3. The first kappa shape index (κ1) is 14.1. The van der Waals surface area contributed by atoms with Gasteiger partial charge in [-0.15, -0.1) is 0 Å². The summed E-state index contributed by atoms with van der Waals surface area (Å²) in [6, 6.07) is 7.32. The third-order valence-electron chi connectivity index (χ3n) is 3.91. The van der Waals surface area contributed by atoms with Gasteiger partial charge < -0.3 is 10.5 Å². The van der Waals surface area contributed by atoms with E-state index in [4.69, 9.17) is 10.5 Å². The van der Waals surface area contributed by atoms with E-state index in [9.17, 15) is 4.79 Å². The van der Waals surface area contributed by atoms with Crippen molar-refractivity contribution in [2.45, 2.75) is 45.1 Å². The Kier molecular flexibility index (Phi) is 4.25. The molecule has 19 heavy (non-hydrogen) atoms. The average Bonchev–Trinajstić information content (AvgIpc) is 2.39. The number of ketones is 1. The van der Waals surface area contributed by atoms with Gasteiger partial charge in [0.1, 0.15) is 5.75 Å². The molecule has 2 rings (SSSR count). The minimum absolute atomic E-state index is 0.0714. The van der Waals surface area contributed by atoms with Crippen molar-refractivity contribution in [1.29, 1.82) is 0 Å². The van der Waals surface area contributed by atoms with Gasteiger partial charge in [0.25, 0.3) is 0 Å². The molecule has 1 saturated carbocycles. The normalized spacial score (nSPS) is 27.0. The second kappa shape index (κ2) is 5.74. The van der Waals surface area contributed by atoms with E-state index < -0.39 is 5.54 Å². The average molecular weight is 261 g/mol. The molecular weight excluding hydrogens is 238 g/mol. The minimum atomic E-state index is -0.676. The van der Waals surface area contributed by atoms with E-state index in [-0.39, 0.29) is 5.78 Å². The van der Waals surface area contributed by atoms with Crippen LogP contribution in [0.5, 0.6) is 5.75 Å². The van der Waals surface area contributed by atoms with Crippen molar-refractivity contribution in [3.8, 4) is 5.75 Å². The van der Waals surface area contributed by atoms with Gasteiger partial charge in [-0.25, -0.2) is 0 Å². The molecule has 3 heteroatoms. The maximum Gasteiger partial charge on any atom is 0.182 e. The molecule has 0 saturated heterocycles. The maximum atomic E-state index is 12.6. The SMILES string of the molecule is CCOc1ccc(C(=O)C2(N)CCCC(C)C2)cc1. The van der Waals surface area contributed by atoms with Gasteiger partial charge in [-0.3, -0.25) is 4.79 Å². The highest BCUT2D eigenvalue weighted by Gasteiger charge is 2.38. The van der Waals surface area contributed by atoms with Crippen molar-refractivity contribution >= 4 is 5.78 Å². The molecule has 1 fully saturated rings. The summed E-state index contributed by atoms with van der Waals surface area (Å²) in [5.41, 5.74) is 6.36. The van der Waals surface area contributed by atoms with E-state index in [1.807, 2.05) is 31.2 Å². The topological polar surface area (TPSA) is 52.3 Å². The molecule has 0 bridgehead atoms. The molecule has 0 aromatic heterocycles. The van der Waals surface area contributed by atoms with Crippen LogP contribution in [0, 0.1) is 5.92 Å². The van der Waals surface area contributed by atoms with Crippen molar-refractivity contribution in [3.63, 3.8) is 0 Å². The summed E-state index contributed by atoms with van der Waals surface area (Å²) in [5, 5.41) is 0. The number of hydrogen-bond donors (Lipinski definition) is 1. The third-order valence-corrected chi connectivity index (χ3v) is 3.91. The molecule has 1 aromatic rings. The van der Waals surface area contributed by atoms with Crippen LogP contribution >= 0.6 is 0 Å². The van der Waals surface area contributed by atoms with Gasteiger partial charge in [0.05, 0.1) is 12.1 Å². The highest BCUT2D eigenvalue weighted by atomic mass is 16.5.